The van der Waals surface area contributed by atoms with Crippen molar-refractivity contribution in [1.82, 2.24) is 0 Å². The van der Waals surface area contributed by atoms with Gasteiger partial charge < -0.3 is 5.11 Å². The van der Waals surface area contributed by atoms with Gasteiger partial charge >= 0.3 is 11.9 Å². The van der Waals surface area contributed by atoms with Crippen LogP contribution in [0.1, 0.15) is 27.2 Å². The third-order valence-electron chi connectivity index (χ3n) is 2.29. The molecule has 0 aromatic carbocycles. The van der Waals surface area contributed by atoms with Crippen LogP contribution >= 0.6 is 0 Å². The molecule has 4 nitrogen and oxygen atoms in total. The van der Waals surface area contributed by atoms with Gasteiger partial charge in [0.15, 0.2) is 0 Å². The molecule has 0 rings (SSSR count). The van der Waals surface area contributed by atoms with Gasteiger partial charge in [-0.15, -0.1) is 0 Å². The molecule has 4 N–H and O–H groups in total. The first kappa shape index (κ1) is 12.1. The molecule has 0 aromatic heterocycles. The van der Waals surface area contributed by atoms with Crippen LogP contribution in [0.4, 0.5) is 0 Å². The number of aliphatic carboxylic acids is 1. The van der Waals surface area contributed by atoms with Gasteiger partial charge in [-0.1, -0.05) is 20.8 Å². The van der Waals surface area contributed by atoms with Gasteiger partial charge in [0, 0.05) is 0 Å². The fourth-order valence-electron chi connectivity index (χ4n) is 1.60. The summed E-state index contributed by atoms with van der Waals surface area (Å²) in [6, 6.07) is 0. The van der Waals surface area contributed by atoms with E-state index >= 15 is 0 Å². The molecule has 13 heavy (non-hydrogen) atoms. The molecule has 0 spiro atoms. The maximum atomic E-state index is 11.1. The Labute approximate surface area is 78.1 Å². The number of amides is 1. The maximum Gasteiger partial charge on any atom is 0.312 e. The Balaban J connectivity index is 4.69. The first-order valence-electron chi connectivity index (χ1n) is 4.50. The Kier molecular flexibility index (Phi) is 4.62. The minimum atomic E-state index is -0.904. The highest BCUT2D eigenvalue weighted by Crippen LogP contribution is 2.23. The van der Waals surface area contributed by atoms with Crippen LogP contribution in [0.15, 0.2) is 0 Å². The highest BCUT2D eigenvalue weighted by atomic mass is 16.4. The minimum Gasteiger partial charge on any atom is -0.481 e. The number of hydrogen-bond donors (Lipinski definition) is 2. The number of carboxylic acids is 1. The van der Waals surface area contributed by atoms with E-state index in [4.69, 9.17) is 5.11 Å². The lowest BCUT2D eigenvalue weighted by molar-refractivity contribution is -0.314. The van der Waals surface area contributed by atoms with Crippen LogP contribution < -0.4 is 5.73 Å². The molecule has 0 fully saturated rings. The predicted octanol–water partition coefficient (Wildman–Crippen LogP) is 0.138. The topological polar surface area (TPSA) is 82.0 Å². The third-order valence-corrected chi connectivity index (χ3v) is 2.29. The van der Waals surface area contributed by atoms with Gasteiger partial charge in [0.2, 0.25) is 0 Å². The molecule has 2 unspecified atom stereocenters. The molecular weight excluding hydrogens is 170 g/mol. The fraction of sp³-hybridized carbons (Fsp3) is 0.778. The van der Waals surface area contributed by atoms with Crippen LogP contribution in [0.3, 0.4) is 0 Å². The van der Waals surface area contributed by atoms with Gasteiger partial charge in [0.05, 0.1) is 11.8 Å². The maximum absolute atomic E-state index is 11.1. The Morgan fingerprint density at radius 3 is 1.92 bits per heavy atom. The van der Waals surface area contributed by atoms with E-state index in [1.54, 1.807) is 0 Å². The molecule has 2 atom stereocenters. The normalized spacial score (nSPS) is 15.5. The van der Waals surface area contributed by atoms with Crippen molar-refractivity contribution in [3.05, 3.63) is 0 Å². The lowest BCUT2D eigenvalue weighted by Gasteiger charge is -2.21. The Hall–Kier alpha value is -0.900. The summed E-state index contributed by atoms with van der Waals surface area (Å²) in [6.45, 7) is 5.43. The number of hydrogen-bond acceptors (Lipinski definition) is 2. The van der Waals surface area contributed by atoms with Gasteiger partial charge in [0.25, 0.3) is 0 Å². The third kappa shape index (κ3) is 3.14. The molecule has 0 aliphatic rings. The molecule has 0 aliphatic heterocycles. The summed E-state index contributed by atoms with van der Waals surface area (Å²) >= 11 is 0. The van der Waals surface area contributed by atoms with Crippen LogP contribution in [-0.2, 0) is 9.59 Å². The molecule has 0 saturated heterocycles. The van der Waals surface area contributed by atoms with Crippen LogP contribution in [0.5, 0.6) is 0 Å². The number of rotatable bonds is 5. The van der Waals surface area contributed by atoms with Crippen LogP contribution in [0, 0.1) is 17.8 Å². The highest BCUT2D eigenvalue weighted by molar-refractivity contribution is 5.79. The minimum absolute atomic E-state index is 0.0341. The van der Waals surface area contributed by atoms with E-state index in [2.05, 4.69) is 5.73 Å². The summed E-state index contributed by atoms with van der Waals surface area (Å²) in [5.74, 6) is -2.26. The Morgan fingerprint density at radius 2 is 1.85 bits per heavy atom. The van der Waals surface area contributed by atoms with E-state index < -0.39 is 17.8 Å². The van der Waals surface area contributed by atoms with Crippen molar-refractivity contribution < 1.29 is 20.4 Å². The molecular formula is C9H18NO3+. The second-order valence-corrected chi connectivity index (χ2v) is 3.59. The average molecular weight is 188 g/mol. The zero-order chi connectivity index (χ0) is 10.6. The van der Waals surface area contributed by atoms with Gasteiger partial charge in [-0.05, 0) is 12.3 Å². The first-order chi connectivity index (χ1) is 5.91. The summed E-state index contributed by atoms with van der Waals surface area (Å²) in [5, 5.41) is 8.91. The molecule has 0 bridgehead atoms. The van der Waals surface area contributed by atoms with Gasteiger partial charge in [-0.2, -0.15) is 0 Å². The van der Waals surface area contributed by atoms with Crippen LogP contribution in [0.2, 0.25) is 0 Å². The number of carboxylic acid groups (broad SMARTS) is 1. The van der Waals surface area contributed by atoms with E-state index in [0.29, 0.717) is 6.42 Å². The SMILES string of the molecule is CCC(C([NH3+])=O)C(C(=O)O)C(C)C. The van der Waals surface area contributed by atoms with Crippen LogP contribution in [0.25, 0.3) is 0 Å². The highest BCUT2D eigenvalue weighted by Gasteiger charge is 2.35. The van der Waals surface area contributed by atoms with Gasteiger partial charge in [-0.3, -0.25) is 10.5 Å². The van der Waals surface area contributed by atoms with Crippen molar-refractivity contribution in [2.24, 2.45) is 17.8 Å². The largest absolute Gasteiger partial charge is 0.481 e. The Bertz CT molecular complexity index is 201. The summed E-state index contributed by atoms with van der Waals surface area (Å²) < 4.78 is 0. The lowest BCUT2D eigenvalue weighted by Crippen LogP contribution is -2.62. The smallest absolute Gasteiger partial charge is 0.312 e. The van der Waals surface area contributed by atoms with Crippen molar-refractivity contribution in [2.45, 2.75) is 27.2 Å². The molecule has 4 heteroatoms. The van der Waals surface area contributed by atoms with E-state index in [1.165, 1.54) is 0 Å². The number of quaternary nitrogens is 1. The molecule has 0 aromatic rings. The van der Waals surface area contributed by atoms with E-state index in [0.717, 1.165) is 0 Å². The molecule has 0 aliphatic carbocycles. The fourth-order valence-corrected chi connectivity index (χ4v) is 1.60. The molecule has 76 valence electrons. The van der Waals surface area contributed by atoms with E-state index in [1.807, 2.05) is 20.8 Å². The number of carbonyl (C=O) groups excluding carboxylic acids is 1. The lowest BCUT2D eigenvalue weighted by atomic mass is 9.81. The zero-order valence-electron chi connectivity index (χ0n) is 8.41. The number of carbonyl (C=O) groups is 2. The summed E-state index contributed by atoms with van der Waals surface area (Å²) in [5.41, 5.74) is 3.29. The second kappa shape index (κ2) is 4.97. The van der Waals surface area contributed by atoms with Crippen LogP contribution in [-0.4, -0.2) is 17.0 Å². The second-order valence-electron chi connectivity index (χ2n) is 3.59. The van der Waals surface area contributed by atoms with Crippen molar-refractivity contribution in [3.8, 4) is 0 Å². The van der Waals surface area contributed by atoms with Crippen molar-refractivity contribution in [1.29, 1.82) is 0 Å². The summed E-state index contributed by atoms with van der Waals surface area (Å²) in [7, 11) is 0. The molecule has 0 saturated carbocycles. The monoisotopic (exact) mass is 188 g/mol. The molecule has 0 heterocycles. The van der Waals surface area contributed by atoms with E-state index in [9.17, 15) is 9.59 Å². The predicted molar refractivity (Wildman–Crippen MR) is 47.6 cm³/mol. The quantitative estimate of drug-likeness (QED) is 0.643. The zero-order valence-corrected chi connectivity index (χ0v) is 8.41. The van der Waals surface area contributed by atoms with Crippen molar-refractivity contribution in [2.75, 3.05) is 0 Å². The van der Waals surface area contributed by atoms with Crippen molar-refractivity contribution >= 4 is 11.9 Å². The average Bonchev–Trinajstić information content (AvgIpc) is 1.97. The standard InChI is InChI=1S/C9H17NO3/c1-4-6(8(10)11)7(5(2)3)9(12)13/h5-7H,4H2,1-3H3,(H2,10,11)(H,12,13)/p+1. The van der Waals surface area contributed by atoms with E-state index in [-0.39, 0.29) is 11.8 Å². The van der Waals surface area contributed by atoms with Crippen molar-refractivity contribution in [3.63, 3.8) is 0 Å². The molecule has 0 radical (unpaired) electrons. The first-order valence-corrected chi connectivity index (χ1v) is 4.50. The summed E-state index contributed by atoms with van der Waals surface area (Å²) in [4.78, 5) is 21.9. The Morgan fingerprint density at radius 1 is 1.38 bits per heavy atom. The molecule has 1 amide bonds. The van der Waals surface area contributed by atoms with Gasteiger partial charge in [-0.25, -0.2) is 4.79 Å². The summed E-state index contributed by atoms with van der Waals surface area (Å²) in [6.07, 6.45) is 0.539. The van der Waals surface area contributed by atoms with Gasteiger partial charge in [0.1, 0.15) is 0 Å².